The molecule has 0 radical (unpaired) electrons. The normalized spacial score (nSPS) is 30.3. The first-order chi connectivity index (χ1) is 15.0. The highest BCUT2D eigenvalue weighted by Gasteiger charge is 2.49. The third kappa shape index (κ3) is 3.26. The number of fused-ring (bicyclic) bond motifs is 3. The number of aliphatic hydroxyl groups is 1. The van der Waals surface area contributed by atoms with E-state index in [0.717, 1.165) is 60.9 Å². The van der Waals surface area contributed by atoms with E-state index in [0.29, 0.717) is 34.3 Å². The summed E-state index contributed by atoms with van der Waals surface area (Å²) in [5.74, 6) is 4.64. The van der Waals surface area contributed by atoms with Crippen molar-refractivity contribution in [3.8, 4) is 0 Å². The molecule has 0 amide bonds. The molecular weight excluding hydrogens is 434 g/mol. The number of anilines is 2. The maximum atomic E-state index is 12.7. The molecule has 7 rings (SSSR count). The number of hydrogen-bond acceptors (Lipinski definition) is 7. The highest BCUT2D eigenvalue weighted by atomic mass is 35.5. The second kappa shape index (κ2) is 7.39. The summed E-state index contributed by atoms with van der Waals surface area (Å²) < 4.78 is 12.7. The van der Waals surface area contributed by atoms with Crippen LogP contribution < -0.4 is 10.2 Å². The van der Waals surface area contributed by atoms with E-state index < -0.39 is 10.8 Å². The summed E-state index contributed by atoms with van der Waals surface area (Å²) in [5, 5.41) is 14.0. The van der Waals surface area contributed by atoms with Crippen LogP contribution in [0.15, 0.2) is 23.4 Å². The molecule has 2 saturated heterocycles. The summed E-state index contributed by atoms with van der Waals surface area (Å²) in [6, 6.07) is 2.14. The molecule has 2 aliphatic carbocycles. The van der Waals surface area contributed by atoms with Gasteiger partial charge >= 0.3 is 0 Å². The Bertz CT molecular complexity index is 1030. The van der Waals surface area contributed by atoms with Crippen molar-refractivity contribution < 1.29 is 9.32 Å². The van der Waals surface area contributed by atoms with Gasteiger partial charge in [-0.1, -0.05) is 11.6 Å². The summed E-state index contributed by atoms with van der Waals surface area (Å²) in [7, 11) is -1.02. The minimum absolute atomic E-state index is 0.0803. The Morgan fingerprint density at radius 2 is 2.00 bits per heavy atom. The number of nitrogens with zero attached hydrogens (tertiary/aromatic N) is 4. The molecule has 0 aromatic carbocycles. The summed E-state index contributed by atoms with van der Waals surface area (Å²) >= 11 is 5.96. The monoisotopic (exact) mass is 459 g/mol. The van der Waals surface area contributed by atoms with E-state index in [9.17, 15) is 9.32 Å². The summed E-state index contributed by atoms with van der Waals surface area (Å²) in [4.78, 5) is 17.1. The lowest BCUT2D eigenvalue weighted by Gasteiger charge is -2.53. The van der Waals surface area contributed by atoms with Crippen molar-refractivity contribution >= 4 is 34.0 Å². The molecule has 5 aliphatic rings. The van der Waals surface area contributed by atoms with Gasteiger partial charge in [0.05, 0.1) is 32.9 Å². The van der Waals surface area contributed by atoms with E-state index in [1.54, 1.807) is 12.4 Å². The van der Waals surface area contributed by atoms with E-state index in [4.69, 9.17) is 16.6 Å². The number of aliphatic hydroxyl groups excluding tert-OH is 1. The Labute approximate surface area is 189 Å². The summed E-state index contributed by atoms with van der Waals surface area (Å²) in [6.07, 6.45) is 8.34. The Morgan fingerprint density at radius 1 is 1.26 bits per heavy atom. The zero-order chi connectivity index (χ0) is 21.2. The van der Waals surface area contributed by atoms with Gasteiger partial charge in [0.1, 0.15) is 17.5 Å². The van der Waals surface area contributed by atoms with E-state index in [1.165, 1.54) is 6.42 Å². The van der Waals surface area contributed by atoms with Gasteiger partial charge in [-0.15, -0.1) is 0 Å². The molecule has 2 saturated carbocycles. The number of piperidine rings is 2. The fourth-order valence-electron chi connectivity index (χ4n) is 5.73. The standard InChI is InChI=1S/C22H26ClN5O2S/c23-16-8-24-20(25-9-16)18-14-6-15(18)11-28(10-14)17-7-13-2-5-31(30)19(13)21(26-17)27-22(12-29)3-1-4-22/h7-9,14-15,18,29H,1-6,10-12H2,(H,26,27)/t14?,15?,18?,31-/m1/s1. The molecule has 2 aromatic rings. The summed E-state index contributed by atoms with van der Waals surface area (Å²) in [5.41, 5.74) is 0.822. The van der Waals surface area contributed by atoms with Gasteiger partial charge in [-0.2, -0.15) is 0 Å². The maximum Gasteiger partial charge on any atom is 0.145 e. The van der Waals surface area contributed by atoms with E-state index in [1.807, 2.05) is 0 Å². The van der Waals surface area contributed by atoms with Crippen LogP contribution in [0.4, 0.5) is 11.6 Å². The molecule has 2 unspecified atom stereocenters. The van der Waals surface area contributed by atoms with Crippen LogP contribution in [0.3, 0.4) is 0 Å². The second-order valence-electron chi connectivity index (χ2n) is 9.48. The molecule has 3 atom stereocenters. The molecule has 0 spiro atoms. The zero-order valence-corrected chi connectivity index (χ0v) is 18.8. The first-order valence-electron chi connectivity index (χ1n) is 11.1. The van der Waals surface area contributed by atoms with Gasteiger partial charge in [0.2, 0.25) is 0 Å². The van der Waals surface area contributed by atoms with Crippen LogP contribution in [0, 0.1) is 11.8 Å². The van der Waals surface area contributed by atoms with Crippen molar-refractivity contribution in [3.05, 3.63) is 34.9 Å². The number of pyridine rings is 1. The minimum atomic E-state index is -1.02. The average Bonchev–Trinajstić information content (AvgIpc) is 3.13. The van der Waals surface area contributed by atoms with Gasteiger partial charge in [-0.25, -0.2) is 15.0 Å². The van der Waals surface area contributed by atoms with Gasteiger partial charge in [-0.05, 0) is 55.6 Å². The molecular formula is C22H26ClN5O2S. The minimum Gasteiger partial charge on any atom is -0.394 e. The second-order valence-corrected chi connectivity index (χ2v) is 11.4. The molecule has 31 heavy (non-hydrogen) atoms. The lowest BCUT2D eigenvalue weighted by molar-refractivity contribution is 0.104. The van der Waals surface area contributed by atoms with Crippen molar-refractivity contribution in [1.82, 2.24) is 15.0 Å². The predicted molar refractivity (Wildman–Crippen MR) is 120 cm³/mol. The molecule has 164 valence electrons. The highest BCUT2D eigenvalue weighted by molar-refractivity contribution is 7.85. The van der Waals surface area contributed by atoms with Gasteiger partial charge < -0.3 is 15.3 Å². The van der Waals surface area contributed by atoms with Crippen LogP contribution in [0.2, 0.25) is 5.02 Å². The van der Waals surface area contributed by atoms with Crippen LogP contribution in [0.25, 0.3) is 0 Å². The lowest BCUT2D eigenvalue weighted by Crippen LogP contribution is -2.54. The number of rotatable bonds is 5. The van der Waals surface area contributed by atoms with Crippen LogP contribution >= 0.6 is 11.6 Å². The third-order valence-corrected chi connectivity index (χ3v) is 9.29. The SMILES string of the molecule is O=[S@@]1CCc2cc(N3CC4CC(C3)C4c3ncc(Cl)cn3)nc(NC3(CO)CCC3)c21. The van der Waals surface area contributed by atoms with E-state index in [2.05, 4.69) is 26.3 Å². The fourth-order valence-corrected chi connectivity index (χ4v) is 7.20. The molecule has 7 nitrogen and oxygen atoms in total. The van der Waals surface area contributed by atoms with Crippen LogP contribution in [-0.4, -0.2) is 55.3 Å². The Morgan fingerprint density at radius 3 is 2.65 bits per heavy atom. The molecule has 2 bridgehead atoms. The van der Waals surface area contributed by atoms with Crippen molar-refractivity contribution in [3.63, 3.8) is 0 Å². The molecule has 2 N–H and O–H groups in total. The molecule has 4 fully saturated rings. The molecule has 5 heterocycles. The Kier molecular flexibility index (Phi) is 4.74. The predicted octanol–water partition coefficient (Wildman–Crippen LogP) is 2.76. The van der Waals surface area contributed by atoms with Gasteiger partial charge in [0, 0.05) is 37.2 Å². The quantitative estimate of drug-likeness (QED) is 0.710. The molecule has 2 aromatic heterocycles. The first-order valence-corrected chi connectivity index (χ1v) is 12.8. The average molecular weight is 460 g/mol. The number of aryl methyl sites for hydroxylation is 1. The first kappa shape index (κ1) is 19.9. The van der Waals surface area contributed by atoms with E-state index in [-0.39, 0.29) is 12.1 Å². The van der Waals surface area contributed by atoms with Crippen molar-refractivity contribution in [1.29, 1.82) is 0 Å². The topological polar surface area (TPSA) is 91.2 Å². The molecule has 3 aliphatic heterocycles. The lowest BCUT2D eigenvalue weighted by atomic mass is 9.61. The van der Waals surface area contributed by atoms with Gasteiger partial charge in [-0.3, -0.25) is 4.21 Å². The smallest absolute Gasteiger partial charge is 0.145 e. The van der Waals surface area contributed by atoms with Crippen molar-refractivity contribution in [2.75, 3.05) is 35.7 Å². The van der Waals surface area contributed by atoms with Crippen molar-refractivity contribution in [2.45, 2.75) is 48.5 Å². The van der Waals surface area contributed by atoms with Gasteiger partial charge in [0.15, 0.2) is 0 Å². The Balaban J connectivity index is 1.27. The largest absolute Gasteiger partial charge is 0.394 e. The fraction of sp³-hybridized carbons (Fsp3) is 0.591. The van der Waals surface area contributed by atoms with Crippen molar-refractivity contribution in [2.24, 2.45) is 11.8 Å². The third-order valence-electron chi connectivity index (χ3n) is 7.61. The van der Waals surface area contributed by atoms with Crippen LogP contribution in [-0.2, 0) is 17.2 Å². The van der Waals surface area contributed by atoms with Crippen LogP contribution in [0.5, 0.6) is 0 Å². The number of nitrogens with one attached hydrogen (secondary N) is 1. The number of halogens is 1. The van der Waals surface area contributed by atoms with Crippen LogP contribution in [0.1, 0.15) is 43.0 Å². The number of aromatic nitrogens is 3. The summed E-state index contributed by atoms with van der Waals surface area (Å²) in [6.45, 7) is 1.93. The Hall–Kier alpha value is -1.77. The molecule has 9 heteroatoms. The van der Waals surface area contributed by atoms with E-state index >= 15 is 0 Å². The highest BCUT2D eigenvalue weighted by Crippen LogP contribution is 2.51. The number of hydrogen-bond donors (Lipinski definition) is 2. The maximum absolute atomic E-state index is 12.7. The zero-order valence-electron chi connectivity index (χ0n) is 17.3. The van der Waals surface area contributed by atoms with Gasteiger partial charge in [0.25, 0.3) is 0 Å².